The fourth-order valence-corrected chi connectivity index (χ4v) is 2.13. The Kier molecular flexibility index (Phi) is 21.6. The lowest BCUT2D eigenvalue weighted by atomic mass is 10.2. The van der Waals surface area contributed by atoms with Gasteiger partial charge in [-0.1, -0.05) is 15.9 Å². The highest BCUT2D eigenvalue weighted by Crippen LogP contribution is 2.06. The third-order valence-electron chi connectivity index (χ3n) is 3.09. The molecule has 0 spiro atoms. The molecule has 0 aromatic rings. The van der Waals surface area contributed by atoms with Crippen LogP contribution in [0.3, 0.4) is 0 Å². The molecule has 0 aliphatic rings. The van der Waals surface area contributed by atoms with E-state index >= 15 is 0 Å². The van der Waals surface area contributed by atoms with Crippen molar-refractivity contribution in [3.63, 3.8) is 0 Å². The predicted molar refractivity (Wildman–Crippen MR) is 115 cm³/mol. The van der Waals surface area contributed by atoms with Crippen molar-refractivity contribution in [2.24, 2.45) is 0 Å². The van der Waals surface area contributed by atoms with Crippen LogP contribution in [0.4, 0.5) is 0 Å². The van der Waals surface area contributed by atoms with Gasteiger partial charge >= 0.3 is 5.97 Å². The minimum atomic E-state index is -0.498. The summed E-state index contributed by atoms with van der Waals surface area (Å²) in [5.41, 5.74) is -0.498. The molecule has 0 aliphatic carbocycles. The maximum atomic E-state index is 11.4. The average Bonchev–Trinajstić information content (AvgIpc) is 2.68. The molecule has 0 aromatic carbocycles. The lowest BCUT2D eigenvalue weighted by Gasteiger charge is -2.19. The topological polar surface area (TPSA) is 90.9 Å². The van der Waals surface area contributed by atoms with Crippen LogP contribution in [0.2, 0.25) is 0 Å². The molecule has 0 bridgehead atoms. The Morgan fingerprint density at radius 2 is 0.867 bits per heavy atom. The van der Waals surface area contributed by atoms with Crippen LogP contribution in [0.15, 0.2) is 0 Å². The Labute approximate surface area is 189 Å². The number of hydrogen-bond donors (Lipinski definition) is 0. The van der Waals surface area contributed by atoms with Gasteiger partial charge in [-0.25, -0.2) is 4.79 Å². The molecule has 0 rings (SSSR count). The first kappa shape index (κ1) is 29.7. The lowest BCUT2D eigenvalue weighted by Crippen LogP contribution is -2.27. The number of carbonyl (C=O) groups is 1. The molecule has 10 heteroatoms. The van der Waals surface area contributed by atoms with Crippen LogP contribution in [-0.2, 0) is 42.7 Å². The van der Waals surface area contributed by atoms with Gasteiger partial charge in [0.05, 0.1) is 85.9 Å². The van der Waals surface area contributed by atoms with Crippen LogP contribution in [0, 0.1) is 0 Å². The van der Waals surface area contributed by atoms with Crippen LogP contribution in [0.25, 0.3) is 0 Å². The van der Waals surface area contributed by atoms with E-state index in [1.165, 1.54) is 0 Å². The minimum absolute atomic E-state index is 0.0716. The van der Waals surface area contributed by atoms with Gasteiger partial charge in [0.15, 0.2) is 0 Å². The zero-order valence-corrected chi connectivity index (χ0v) is 20.2. The Balaban J connectivity index is 3.11. The van der Waals surface area contributed by atoms with Gasteiger partial charge in [0.1, 0.15) is 12.2 Å². The van der Waals surface area contributed by atoms with Crippen LogP contribution >= 0.6 is 15.9 Å². The maximum absolute atomic E-state index is 11.4. The first-order valence-corrected chi connectivity index (χ1v) is 11.4. The van der Waals surface area contributed by atoms with Crippen LogP contribution in [0.5, 0.6) is 0 Å². The summed E-state index contributed by atoms with van der Waals surface area (Å²) >= 11 is 3.29. The van der Waals surface area contributed by atoms with E-state index in [4.69, 9.17) is 37.9 Å². The van der Waals surface area contributed by atoms with Crippen molar-refractivity contribution in [3.8, 4) is 0 Å². The largest absolute Gasteiger partial charge is 0.458 e. The standard InChI is InChI=1S/C20H39BrO9/c1-20(2,3)30-19(22)18-29-17-16-28-15-14-27-13-12-26-11-10-25-9-8-24-7-6-23-5-4-21/h4-18H2,1-3H3. The highest BCUT2D eigenvalue weighted by atomic mass is 79.9. The monoisotopic (exact) mass is 502 g/mol. The molecule has 30 heavy (non-hydrogen) atoms. The zero-order chi connectivity index (χ0) is 22.3. The van der Waals surface area contributed by atoms with Crippen LogP contribution < -0.4 is 0 Å². The molecule has 0 aliphatic heterocycles. The third kappa shape index (κ3) is 25.7. The van der Waals surface area contributed by atoms with Gasteiger partial charge in [0.25, 0.3) is 0 Å². The predicted octanol–water partition coefficient (Wildman–Crippen LogP) is 1.84. The molecule has 0 saturated carbocycles. The van der Waals surface area contributed by atoms with E-state index in [9.17, 15) is 4.79 Å². The van der Waals surface area contributed by atoms with Crippen molar-refractivity contribution in [1.82, 2.24) is 0 Å². The second-order valence-electron chi connectivity index (χ2n) is 7.00. The highest BCUT2D eigenvalue weighted by molar-refractivity contribution is 9.09. The molecule has 0 saturated heterocycles. The van der Waals surface area contributed by atoms with E-state index in [1.54, 1.807) is 0 Å². The van der Waals surface area contributed by atoms with E-state index in [1.807, 2.05) is 20.8 Å². The molecule has 0 fully saturated rings. The third-order valence-corrected chi connectivity index (χ3v) is 3.42. The zero-order valence-electron chi connectivity index (χ0n) is 18.7. The number of carbonyl (C=O) groups excluding carboxylic acids is 1. The molecule has 0 atom stereocenters. The van der Waals surface area contributed by atoms with Crippen molar-refractivity contribution < 1.29 is 42.7 Å². The number of rotatable bonds is 22. The van der Waals surface area contributed by atoms with Gasteiger partial charge in [-0.05, 0) is 20.8 Å². The number of hydrogen-bond acceptors (Lipinski definition) is 9. The number of halogens is 1. The van der Waals surface area contributed by atoms with Crippen LogP contribution in [0.1, 0.15) is 20.8 Å². The number of alkyl halides is 1. The first-order chi connectivity index (χ1) is 14.5. The molecule has 0 amide bonds. The molecule has 180 valence electrons. The molecule has 0 N–H and O–H groups in total. The fraction of sp³-hybridized carbons (Fsp3) is 0.950. The van der Waals surface area contributed by atoms with Gasteiger partial charge in [0, 0.05) is 5.33 Å². The van der Waals surface area contributed by atoms with Gasteiger partial charge in [-0.2, -0.15) is 0 Å². The van der Waals surface area contributed by atoms with E-state index in [2.05, 4.69) is 15.9 Å². The quantitative estimate of drug-likeness (QED) is 0.125. The van der Waals surface area contributed by atoms with E-state index in [0.717, 1.165) is 5.33 Å². The highest BCUT2D eigenvalue weighted by Gasteiger charge is 2.15. The van der Waals surface area contributed by atoms with E-state index < -0.39 is 5.60 Å². The molecular formula is C20H39BrO9. The minimum Gasteiger partial charge on any atom is -0.458 e. The van der Waals surface area contributed by atoms with E-state index in [0.29, 0.717) is 85.9 Å². The fourth-order valence-electron chi connectivity index (χ4n) is 1.90. The second kappa shape index (κ2) is 21.9. The van der Waals surface area contributed by atoms with Crippen molar-refractivity contribution in [1.29, 1.82) is 0 Å². The molecular weight excluding hydrogens is 464 g/mol. The summed E-state index contributed by atoms with van der Waals surface area (Å²) in [6.07, 6.45) is 0. The van der Waals surface area contributed by atoms with Gasteiger partial charge in [-0.3, -0.25) is 0 Å². The SMILES string of the molecule is CC(C)(C)OC(=O)COCCOCCOCCOCCOCCOCCOCCBr. The summed E-state index contributed by atoms with van der Waals surface area (Å²) in [4.78, 5) is 11.4. The molecule has 0 aromatic heterocycles. The summed E-state index contributed by atoms with van der Waals surface area (Å²) in [5, 5.41) is 0.836. The molecule has 0 heterocycles. The summed E-state index contributed by atoms with van der Waals surface area (Å²) in [6.45, 7) is 12.0. The summed E-state index contributed by atoms with van der Waals surface area (Å²) in [6, 6.07) is 0. The number of ether oxygens (including phenoxy) is 8. The Hall–Kier alpha value is -0.330. The summed E-state index contributed by atoms with van der Waals surface area (Å²) in [7, 11) is 0. The normalized spacial score (nSPS) is 11.7. The molecule has 9 nitrogen and oxygen atoms in total. The van der Waals surface area contributed by atoms with Gasteiger partial charge < -0.3 is 37.9 Å². The van der Waals surface area contributed by atoms with Gasteiger partial charge in [0.2, 0.25) is 0 Å². The maximum Gasteiger partial charge on any atom is 0.332 e. The van der Waals surface area contributed by atoms with Crippen molar-refractivity contribution >= 4 is 21.9 Å². The van der Waals surface area contributed by atoms with Crippen molar-refractivity contribution in [2.75, 3.05) is 97.8 Å². The molecule has 0 unspecified atom stereocenters. The Bertz CT molecular complexity index is 378. The first-order valence-electron chi connectivity index (χ1n) is 10.3. The summed E-state index contributed by atoms with van der Waals surface area (Å²) in [5.74, 6) is -0.379. The lowest BCUT2D eigenvalue weighted by molar-refractivity contribution is -0.160. The molecule has 0 radical (unpaired) electrons. The Morgan fingerprint density at radius 3 is 1.17 bits per heavy atom. The number of esters is 1. The average molecular weight is 503 g/mol. The van der Waals surface area contributed by atoms with Crippen molar-refractivity contribution in [3.05, 3.63) is 0 Å². The van der Waals surface area contributed by atoms with Crippen LogP contribution in [-0.4, -0.2) is 109 Å². The second-order valence-corrected chi connectivity index (χ2v) is 7.80. The van der Waals surface area contributed by atoms with Crippen molar-refractivity contribution in [2.45, 2.75) is 26.4 Å². The smallest absolute Gasteiger partial charge is 0.332 e. The summed E-state index contributed by atoms with van der Waals surface area (Å²) < 4.78 is 42.5. The Morgan fingerprint density at radius 1 is 0.567 bits per heavy atom. The van der Waals surface area contributed by atoms with Gasteiger partial charge in [-0.15, -0.1) is 0 Å². The van der Waals surface area contributed by atoms with E-state index in [-0.39, 0.29) is 12.6 Å².